The van der Waals surface area contributed by atoms with Crippen LogP contribution in [0.5, 0.6) is 5.75 Å². The van der Waals surface area contributed by atoms with Crippen molar-refractivity contribution in [2.45, 2.75) is 6.61 Å². The standard InChI is InChI=1S/C30H26N4O3/c31-20-25(30(35)33-15-17-36-18-16-33)19-26-21-34(27-9-5-2-6-10-27)32-29(26)24-11-13-28(14-12-24)37-22-23-7-3-1-4-8-23/h1-14,19,21H,15-18,22H2. The SMILES string of the molecule is N#CC(=Cc1cn(-c2ccccc2)nc1-c1ccc(OCc2ccccc2)cc1)C(=O)N1CCOCC1. The molecular weight excluding hydrogens is 464 g/mol. The molecule has 0 unspecified atom stereocenters. The lowest BCUT2D eigenvalue weighted by Crippen LogP contribution is -2.41. The minimum Gasteiger partial charge on any atom is -0.489 e. The van der Waals surface area contributed by atoms with Crippen LogP contribution >= 0.6 is 0 Å². The lowest BCUT2D eigenvalue weighted by atomic mass is 10.1. The molecule has 1 aliphatic heterocycles. The third-order valence-electron chi connectivity index (χ3n) is 6.09. The maximum absolute atomic E-state index is 13.0. The smallest absolute Gasteiger partial charge is 0.264 e. The highest BCUT2D eigenvalue weighted by molar-refractivity contribution is 6.02. The molecule has 1 saturated heterocycles. The van der Waals surface area contributed by atoms with E-state index in [1.54, 1.807) is 15.7 Å². The first kappa shape index (κ1) is 24.0. The molecule has 1 aromatic heterocycles. The van der Waals surface area contributed by atoms with Crippen molar-refractivity contribution in [3.05, 3.63) is 108 Å². The Bertz CT molecular complexity index is 1420. The average Bonchev–Trinajstić information content (AvgIpc) is 3.40. The number of hydrogen-bond acceptors (Lipinski definition) is 5. The molecule has 3 aromatic carbocycles. The van der Waals surface area contributed by atoms with Gasteiger partial charge >= 0.3 is 0 Å². The van der Waals surface area contributed by atoms with Crippen LogP contribution in [-0.4, -0.2) is 46.9 Å². The zero-order valence-electron chi connectivity index (χ0n) is 20.3. The molecule has 37 heavy (non-hydrogen) atoms. The molecule has 2 heterocycles. The quantitative estimate of drug-likeness (QED) is 0.272. The van der Waals surface area contributed by atoms with Gasteiger partial charge in [-0.15, -0.1) is 0 Å². The maximum atomic E-state index is 13.0. The predicted molar refractivity (Wildman–Crippen MR) is 141 cm³/mol. The fourth-order valence-corrected chi connectivity index (χ4v) is 4.11. The molecule has 0 radical (unpaired) electrons. The Kier molecular flexibility index (Phi) is 7.39. The second-order valence-electron chi connectivity index (χ2n) is 8.59. The van der Waals surface area contributed by atoms with Gasteiger partial charge in [-0.3, -0.25) is 4.79 Å². The number of aromatic nitrogens is 2. The number of benzene rings is 3. The summed E-state index contributed by atoms with van der Waals surface area (Å²) >= 11 is 0. The number of rotatable bonds is 7. The summed E-state index contributed by atoms with van der Waals surface area (Å²) in [7, 11) is 0. The average molecular weight is 491 g/mol. The van der Waals surface area contributed by atoms with E-state index in [9.17, 15) is 10.1 Å². The lowest BCUT2D eigenvalue weighted by Gasteiger charge is -2.26. The Hall–Kier alpha value is -4.67. The first-order valence-corrected chi connectivity index (χ1v) is 12.1. The number of nitriles is 1. The van der Waals surface area contributed by atoms with Crippen molar-refractivity contribution in [1.29, 1.82) is 5.26 Å². The van der Waals surface area contributed by atoms with Crippen molar-refractivity contribution < 1.29 is 14.3 Å². The second kappa shape index (κ2) is 11.4. The van der Waals surface area contributed by atoms with E-state index in [1.807, 2.05) is 91.1 Å². The molecule has 7 nitrogen and oxygen atoms in total. The molecule has 0 bridgehead atoms. The summed E-state index contributed by atoms with van der Waals surface area (Å²) in [6, 6.07) is 29.5. The van der Waals surface area contributed by atoms with E-state index in [2.05, 4.69) is 6.07 Å². The van der Waals surface area contributed by atoms with Crippen molar-refractivity contribution in [2.24, 2.45) is 0 Å². The third kappa shape index (κ3) is 5.77. The lowest BCUT2D eigenvalue weighted by molar-refractivity contribution is -0.130. The van der Waals surface area contributed by atoms with Gasteiger partial charge in [0.05, 0.1) is 24.6 Å². The highest BCUT2D eigenvalue weighted by atomic mass is 16.5. The fraction of sp³-hybridized carbons (Fsp3) is 0.167. The van der Waals surface area contributed by atoms with E-state index in [0.29, 0.717) is 44.2 Å². The number of carbonyl (C=O) groups is 1. The topological polar surface area (TPSA) is 80.4 Å². The van der Waals surface area contributed by atoms with Crippen LogP contribution in [0.15, 0.2) is 96.7 Å². The van der Waals surface area contributed by atoms with Crippen molar-refractivity contribution in [3.8, 4) is 28.8 Å². The number of nitrogens with zero attached hydrogens (tertiary/aromatic N) is 4. The van der Waals surface area contributed by atoms with Crippen LogP contribution in [0.2, 0.25) is 0 Å². The zero-order valence-corrected chi connectivity index (χ0v) is 20.3. The summed E-state index contributed by atoms with van der Waals surface area (Å²) in [5.74, 6) is 0.446. The summed E-state index contributed by atoms with van der Waals surface area (Å²) in [6.45, 7) is 2.36. The molecule has 7 heteroatoms. The summed E-state index contributed by atoms with van der Waals surface area (Å²) in [5.41, 5.74) is 4.24. The van der Waals surface area contributed by atoms with E-state index >= 15 is 0 Å². The van der Waals surface area contributed by atoms with Gasteiger partial charge in [0.15, 0.2) is 0 Å². The molecule has 1 aliphatic rings. The Morgan fingerprint density at radius 2 is 1.65 bits per heavy atom. The van der Waals surface area contributed by atoms with E-state index in [1.165, 1.54) is 0 Å². The molecule has 5 rings (SSSR count). The van der Waals surface area contributed by atoms with Crippen LogP contribution in [0, 0.1) is 11.3 Å². The van der Waals surface area contributed by atoms with E-state index in [0.717, 1.165) is 22.6 Å². The van der Waals surface area contributed by atoms with Gasteiger partial charge in [-0.05, 0) is 48.0 Å². The molecule has 184 valence electrons. The molecule has 0 spiro atoms. The van der Waals surface area contributed by atoms with Gasteiger partial charge in [0, 0.05) is 30.4 Å². The molecule has 0 atom stereocenters. The number of ether oxygens (including phenoxy) is 2. The number of para-hydroxylation sites is 1. The van der Waals surface area contributed by atoms with E-state index in [-0.39, 0.29) is 11.5 Å². The van der Waals surface area contributed by atoms with Crippen LogP contribution in [0.25, 0.3) is 23.0 Å². The molecule has 0 N–H and O–H groups in total. The minimum atomic E-state index is -0.297. The van der Waals surface area contributed by atoms with Crippen LogP contribution < -0.4 is 4.74 Å². The highest BCUT2D eigenvalue weighted by Gasteiger charge is 2.22. The van der Waals surface area contributed by atoms with Gasteiger partial charge in [-0.25, -0.2) is 4.68 Å². The molecule has 0 saturated carbocycles. The Morgan fingerprint density at radius 3 is 2.32 bits per heavy atom. The van der Waals surface area contributed by atoms with Crippen molar-refractivity contribution in [3.63, 3.8) is 0 Å². The third-order valence-corrected chi connectivity index (χ3v) is 6.09. The van der Waals surface area contributed by atoms with Crippen molar-refractivity contribution in [2.75, 3.05) is 26.3 Å². The van der Waals surface area contributed by atoms with Gasteiger partial charge in [-0.1, -0.05) is 48.5 Å². The monoisotopic (exact) mass is 490 g/mol. The van der Waals surface area contributed by atoms with E-state index < -0.39 is 0 Å². The van der Waals surface area contributed by atoms with Crippen molar-refractivity contribution in [1.82, 2.24) is 14.7 Å². The largest absolute Gasteiger partial charge is 0.489 e. The van der Waals surface area contributed by atoms with Gasteiger partial charge in [0.25, 0.3) is 5.91 Å². The number of carbonyl (C=O) groups excluding carboxylic acids is 1. The van der Waals surface area contributed by atoms with Gasteiger partial charge in [0.2, 0.25) is 0 Å². The maximum Gasteiger partial charge on any atom is 0.264 e. The summed E-state index contributed by atoms with van der Waals surface area (Å²) in [4.78, 5) is 14.7. The zero-order chi connectivity index (χ0) is 25.5. The molecular formula is C30H26N4O3. The van der Waals surface area contributed by atoms with Crippen LogP contribution in [0.3, 0.4) is 0 Å². The van der Waals surface area contributed by atoms with Gasteiger partial charge in [0.1, 0.15) is 24.0 Å². The number of morpholine rings is 1. The van der Waals surface area contributed by atoms with Gasteiger partial charge < -0.3 is 14.4 Å². The van der Waals surface area contributed by atoms with Crippen LogP contribution in [-0.2, 0) is 16.1 Å². The second-order valence-corrected chi connectivity index (χ2v) is 8.59. The number of hydrogen-bond donors (Lipinski definition) is 0. The van der Waals surface area contributed by atoms with Crippen LogP contribution in [0.4, 0.5) is 0 Å². The fourth-order valence-electron chi connectivity index (χ4n) is 4.11. The molecule has 1 fully saturated rings. The molecule has 1 amide bonds. The summed E-state index contributed by atoms with van der Waals surface area (Å²) < 4.78 is 13.0. The Labute approximate surface area is 215 Å². The normalized spacial score (nSPS) is 13.7. The first-order chi connectivity index (χ1) is 18.2. The van der Waals surface area contributed by atoms with Crippen molar-refractivity contribution >= 4 is 12.0 Å². The number of amides is 1. The Morgan fingerprint density at radius 1 is 0.973 bits per heavy atom. The predicted octanol–water partition coefficient (Wildman–Crippen LogP) is 4.88. The molecule has 0 aliphatic carbocycles. The summed E-state index contributed by atoms with van der Waals surface area (Å²) in [5, 5.41) is 14.6. The van der Waals surface area contributed by atoms with Gasteiger partial charge in [-0.2, -0.15) is 10.4 Å². The molecule has 4 aromatic rings. The minimum absolute atomic E-state index is 0.0681. The van der Waals surface area contributed by atoms with Crippen LogP contribution in [0.1, 0.15) is 11.1 Å². The van der Waals surface area contributed by atoms with E-state index in [4.69, 9.17) is 14.6 Å². The Balaban J connectivity index is 1.45. The summed E-state index contributed by atoms with van der Waals surface area (Å²) in [6.07, 6.45) is 3.47. The first-order valence-electron chi connectivity index (χ1n) is 12.1. The highest BCUT2D eigenvalue weighted by Crippen LogP contribution is 2.28.